The van der Waals surface area contributed by atoms with Crippen LogP contribution in [0.1, 0.15) is 194 Å². The third-order valence-corrected chi connectivity index (χ3v) is 9.79. The molecule has 9 nitrogen and oxygen atoms in total. The molecule has 300 valence electrons. The highest BCUT2D eigenvalue weighted by atomic mass is 31.2. The number of phosphoric acid groups is 1. The third kappa shape index (κ3) is 38.0. The fourth-order valence-electron chi connectivity index (χ4n) is 5.67. The topological polar surface area (TPSA) is 134 Å². The van der Waals surface area contributed by atoms with Crippen molar-refractivity contribution >= 4 is 19.8 Å². The van der Waals surface area contributed by atoms with Crippen LogP contribution in [0.4, 0.5) is 0 Å². The molecule has 0 saturated carbocycles. The molecule has 0 aliphatic heterocycles. The number of rotatable bonds is 39. The zero-order valence-corrected chi connectivity index (χ0v) is 33.7. The Kier molecular flexibility index (Phi) is 37.1. The molecule has 0 radical (unpaired) electrons. The van der Waals surface area contributed by atoms with Crippen molar-refractivity contribution in [2.45, 2.75) is 200 Å². The Balaban J connectivity index is 4.11. The van der Waals surface area contributed by atoms with Crippen molar-refractivity contribution < 1.29 is 37.6 Å². The minimum absolute atomic E-state index is 0.0527. The number of nitrogens with two attached hydrogens (primary N) is 1. The van der Waals surface area contributed by atoms with Gasteiger partial charge in [0.05, 0.1) is 13.2 Å². The highest BCUT2D eigenvalue weighted by Gasteiger charge is 2.26. The van der Waals surface area contributed by atoms with Gasteiger partial charge in [0.1, 0.15) is 6.61 Å². The number of carbonyl (C=O) groups is 2. The summed E-state index contributed by atoms with van der Waals surface area (Å²) in [5, 5.41) is 0. The molecule has 2 atom stereocenters. The van der Waals surface area contributed by atoms with Crippen molar-refractivity contribution in [2.24, 2.45) is 5.73 Å². The Bertz CT molecular complexity index is 897. The number of hydrogen-bond donors (Lipinski definition) is 2. The number of hydrogen-bond acceptors (Lipinski definition) is 8. The van der Waals surface area contributed by atoms with E-state index in [1.54, 1.807) is 0 Å². The summed E-state index contributed by atoms with van der Waals surface area (Å²) >= 11 is 0. The first-order valence-corrected chi connectivity index (χ1v) is 22.3. The Morgan fingerprint density at radius 1 is 0.569 bits per heavy atom. The van der Waals surface area contributed by atoms with Gasteiger partial charge < -0.3 is 20.1 Å². The predicted molar refractivity (Wildman–Crippen MR) is 211 cm³/mol. The van der Waals surface area contributed by atoms with Crippen molar-refractivity contribution in [1.29, 1.82) is 0 Å². The summed E-state index contributed by atoms with van der Waals surface area (Å²) in [7, 11) is -4.37. The van der Waals surface area contributed by atoms with Crippen molar-refractivity contribution in [3.05, 3.63) is 24.3 Å². The fourth-order valence-corrected chi connectivity index (χ4v) is 6.43. The van der Waals surface area contributed by atoms with E-state index in [2.05, 4.69) is 38.2 Å². The normalized spacial score (nSPS) is 13.6. The fraction of sp³-hybridized carbons (Fsp3) is 0.854. The van der Waals surface area contributed by atoms with Gasteiger partial charge in [-0.25, -0.2) is 4.57 Å². The molecule has 10 heteroatoms. The monoisotopic (exact) mass is 744 g/mol. The minimum atomic E-state index is -4.37. The molecule has 0 saturated heterocycles. The van der Waals surface area contributed by atoms with Crippen LogP contribution < -0.4 is 5.73 Å². The summed E-state index contributed by atoms with van der Waals surface area (Å²) in [6.07, 6.45) is 39.3. The predicted octanol–water partition coefficient (Wildman–Crippen LogP) is 11.6. The van der Waals surface area contributed by atoms with E-state index in [1.807, 2.05) is 0 Å². The van der Waals surface area contributed by atoms with Gasteiger partial charge in [-0.3, -0.25) is 18.6 Å². The van der Waals surface area contributed by atoms with Gasteiger partial charge in [-0.2, -0.15) is 0 Å². The van der Waals surface area contributed by atoms with Gasteiger partial charge >= 0.3 is 19.8 Å². The van der Waals surface area contributed by atoms with Crippen molar-refractivity contribution in [3.63, 3.8) is 0 Å². The molecule has 3 N–H and O–H groups in total. The van der Waals surface area contributed by atoms with Crippen LogP contribution in [-0.4, -0.2) is 49.3 Å². The van der Waals surface area contributed by atoms with E-state index in [0.717, 1.165) is 57.8 Å². The van der Waals surface area contributed by atoms with Crippen molar-refractivity contribution in [2.75, 3.05) is 26.4 Å². The number of ether oxygens (including phenoxy) is 2. The van der Waals surface area contributed by atoms with Crippen LogP contribution in [0.25, 0.3) is 0 Å². The number of unbranched alkanes of at least 4 members (excludes halogenated alkanes) is 22. The van der Waals surface area contributed by atoms with E-state index in [4.69, 9.17) is 24.3 Å². The molecular formula is C41H78NO8P. The van der Waals surface area contributed by atoms with Crippen LogP contribution >= 0.6 is 7.82 Å². The molecule has 0 aromatic rings. The molecule has 0 aliphatic rings. The lowest BCUT2D eigenvalue weighted by molar-refractivity contribution is -0.161. The summed E-state index contributed by atoms with van der Waals surface area (Å²) in [6, 6.07) is 0. The van der Waals surface area contributed by atoms with E-state index < -0.39 is 26.5 Å². The highest BCUT2D eigenvalue weighted by molar-refractivity contribution is 7.47. The molecule has 0 aromatic heterocycles. The second kappa shape index (κ2) is 38.2. The maximum absolute atomic E-state index is 12.5. The van der Waals surface area contributed by atoms with Gasteiger partial charge in [0, 0.05) is 19.4 Å². The Hall–Kier alpha value is -1.51. The van der Waals surface area contributed by atoms with Gasteiger partial charge in [0.25, 0.3) is 0 Å². The zero-order chi connectivity index (χ0) is 37.5. The lowest BCUT2D eigenvalue weighted by Crippen LogP contribution is -2.29. The van der Waals surface area contributed by atoms with Crippen molar-refractivity contribution in [3.8, 4) is 0 Å². The Morgan fingerprint density at radius 2 is 0.980 bits per heavy atom. The van der Waals surface area contributed by atoms with E-state index in [9.17, 15) is 19.0 Å². The van der Waals surface area contributed by atoms with E-state index in [-0.39, 0.29) is 38.6 Å². The molecular weight excluding hydrogens is 665 g/mol. The number of allylic oxidation sites excluding steroid dienone is 4. The zero-order valence-electron chi connectivity index (χ0n) is 32.8. The summed E-state index contributed by atoms with van der Waals surface area (Å²) < 4.78 is 32.7. The molecule has 0 aromatic carbocycles. The van der Waals surface area contributed by atoms with Crippen LogP contribution in [0.3, 0.4) is 0 Å². The summed E-state index contributed by atoms with van der Waals surface area (Å²) in [5.41, 5.74) is 5.33. The molecule has 0 amide bonds. The first kappa shape index (κ1) is 49.5. The van der Waals surface area contributed by atoms with Gasteiger partial charge in [-0.1, -0.05) is 147 Å². The van der Waals surface area contributed by atoms with E-state index in [1.165, 1.54) is 103 Å². The summed E-state index contributed by atoms with van der Waals surface area (Å²) in [6.45, 7) is 3.68. The van der Waals surface area contributed by atoms with Crippen molar-refractivity contribution in [1.82, 2.24) is 0 Å². The number of esters is 2. The number of phosphoric ester groups is 1. The Labute approximate surface area is 312 Å². The van der Waals surface area contributed by atoms with Gasteiger partial charge in [-0.05, 0) is 57.8 Å². The second-order valence-corrected chi connectivity index (χ2v) is 15.3. The quantitative estimate of drug-likeness (QED) is 0.0273. The maximum atomic E-state index is 12.5. The molecule has 0 aliphatic carbocycles. The summed E-state index contributed by atoms with van der Waals surface area (Å²) in [5.74, 6) is -0.839. The summed E-state index contributed by atoms with van der Waals surface area (Å²) in [4.78, 5) is 34.7. The average Bonchev–Trinajstić information content (AvgIpc) is 3.11. The van der Waals surface area contributed by atoms with Gasteiger partial charge in [0.15, 0.2) is 6.10 Å². The molecule has 0 spiro atoms. The highest BCUT2D eigenvalue weighted by Crippen LogP contribution is 2.43. The van der Waals surface area contributed by atoms with Crippen LogP contribution in [0.2, 0.25) is 0 Å². The van der Waals surface area contributed by atoms with Crippen LogP contribution in [-0.2, 0) is 32.7 Å². The SMILES string of the molecule is CCCCC=CCCCCCCCC(=O)O[C@H](COC(=O)CCCCCCCCCCCC=CCCCCCCCC)COP(=O)(O)OCCN. The molecule has 0 heterocycles. The first-order chi connectivity index (χ1) is 24.8. The molecule has 0 bridgehead atoms. The molecule has 1 unspecified atom stereocenters. The van der Waals surface area contributed by atoms with Crippen LogP contribution in [0.15, 0.2) is 24.3 Å². The largest absolute Gasteiger partial charge is 0.472 e. The smallest absolute Gasteiger partial charge is 0.462 e. The standard InChI is InChI=1S/C41H78NO8P/c1-3-5-7-9-11-13-15-16-17-18-19-20-21-22-24-25-27-29-31-33-40(43)47-37-39(38-49-51(45,46)48-36-35-42)50-41(44)34-32-30-28-26-23-14-12-10-8-6-4-2/h10,12,16-17,39H,3-9,11,13-15,18-38,42H2,1-2H3,(H,45,46)/t39-/m1/s1. The van der Waals surface area contributed by atoms with E-state index in [0.29, 0.717) is 6.42 Å². The van der Waals surface area contributed by atoms with Crippen LogP contribution in [0, 0.1) is 0 Å². The Morgan fingerprint density at radius 3 is 1.45 bits per heavy atom. The lowest BCUT2D eigenvalue weighted by Gasteiger charge is -2.19. The average molecular weight is 744 g/mol. The van der Waals surface area contributed by atoms with E-state index >= 15 is 0 Å². The minimum Gasteiger partial charge on any atom is -0.462 e. The maximum Gasteiger partial charge on any atom is 0.472 e. The van der Waals surface area contributed by atoms with Gasteiger partial charge in [-0.15, -0.1) is 0 Å². The first-order valence-electron chi connectivity index (χ1n) is 20.8. The van der Waals surface area contributed by atoms with Gasteiger partial charge in [0.2, 0.25) is 0 Å². The number of carbonyl (C=O) groups excluding carboxylic acids is 2. The molecule has 0 fully saturated rings. The lowest BCUT2D eigenvalue weighted by atomic mass is 10.1. The molecule has 51 heavy (non-hydrogen) atoms. The third-order valence-electron chi connectivity index (χ3n) is 8.81. The van der Waals surface area contributed by atoms with Crippen LogP contribution in [0.5, 0.6) is 0 Å². The molecule has 0 rings (SSSR count). The second-order valence-electron chi connectivity index (χ2n) is 13.8.